The molecule has 1 saturated heterocycles. The van der Waals surface area contributed by atoms with Crippen molar-refractivity contribution in [2.24, 2.45) is 16.8 Å². The van der Waals surface area contributed by atoms with Crippen molar-refractivity contribution in [2.75, 3.05) is 25.4 Å². The second-order valence-electron chi connectivity index (χ2n) is 9.23. The van der Waals surface area contributed by atoms with Crippen molar-refractivity contribution >= 4 is 17.5 Å². The van der Waals surface area contributed by atoms with Gasteiger partial charge in [-0.3, -0.25) is 4.99 Å². The maximum absolute atomic E-state index is 4.91. The number of thioether (sulfide) groups is 1. The van der Waals surface area contributed by atoms with Crippen LogP contribution in [0.2, 0.25) is 0 Å². The topological polar surface area (TPSA) is 15.6 Å². The van der Waals surface area contributed by atoms with Crippen LogP contribution < -0.4 is 0 Å². The van der Waals surface area contributed by atoms with Crippen molar-refractivity contribution in [2.45, 2.75) is 89.7 Å². The fourth-order valence-electron chi connectivity index (χ4n) is 4.95. The minimum atomic E-state index is 0.569. The van der Waals surface area contributed by atoms with Crippen LogP contribution in [0.25, 0.3) is 0 Å². The molecule has 0 N–H and O–H groups in total. The van der Waals surface area contributed by atoms with Gasteiger partial charge in [0, 0.05) is 22.6 Å². The molecule has 3 heteroatoms. The smallest absolute Gasteiger partial charge is 0.0415 e. The fraction of sp³-hybridized carbons (Fsp3) is 0.800. The monoisotopic (exact) mass is 402 g/mol. The molecule has 1 aliphatic carbocycles. The summed E-state index contributed by atoms with van der Waals surface area (Å²) in [5, 5.41) is 0.569. The summed E-state index contributed by atoms with van der Waals surface area (Å²) in [5.74, 6) is 2.95. The molecule has 0 radical (unpaired) electrons. The van der Waals surface area contributed by atoms with Gasteiger partial charge in [0.2, 0.25) is 0 Å². The highest BCUT2D eigenvalue weighted by molar-refractivity contribution is 8.00. The zero-order valence-corrected chi connectivity index (χ0v) is 19.2. The predicted octanol–water partition coefficient (Wildman–Crippen LogP) is 6.88. The Kier molecular flexibility index (Phi) is 9.17. The standard InChI is InChI=1S/C25H42N2S/c1-4-23-20(2)26-21(3)24(13-8-5-7-12-22-14-15-22)25(23)28-19-11-18-27-16-9-6-10-17-27/h4,22,24-25H,1,5-19H2,2-3H3. The lowest BCUT2D eigenvalue weighted by atomic mass is 9.86. The Morgan fingerprint density at radius 1 is 1.04 bits per heavy atom. The highest BCUT2D eigenvalue weighted by Gasteiger charge is 2.30. The summed E-state index contributed by atoms with van der Waals surface area (Å²) < 4.78 is 0. The number of hydrogen-bond donors (Lipinski definition) is 0. The highest BCUT2D eigenvalue weighted by Crippen LogP contribution is 2.38. The van der Waals surface area contributed by atoms with E-state index in [1.807, 2.05) is 0 Å². The Balaban J connectivity index is 1.47. The van der Waals surface area contributed by atoms with E-state index in [2.05, 4.69) is 43.2 Å². The van der Waals surface area contributed by atoms with Gasteiger partial charge in [-0.2, -0.15) is 11.8 Å². The Hall–Kier alpha value is -0.540. The van der Waals surface area contributed by atoms with E-state index in [0.29, 0.717) is 11.2 Å². The van der Waals surface area contributed by atoms with E-state index in [9.17, 15) is 0 Å². The average molecular weight is 403 g/mol. The van der Waals surface area contributed by atoms with Gasteiger partial charge in [-0.15, -0.1) is 0 Å². The average Bonchev–Trinajstić information content (AvgIpc) is 3.52. The Bertz CT molecular complexity index is 555. The first kappa shape index (κ1) is 22.2. The van der Waals surface area contributed by atoms with Crippen LogP contribution >= 0.6 is 11.8 Å². The molecule has 2 heterocycles. The van der Waals surface area contributed by atoms with Crippen LogP contribution in [0.15, 0.2) is 28.9 Å². The van der Waals surface area contributed by atoms with Crippen molar-refractivity contribution in [3.8, 4) is 0 Å². The molecule has 0 aromatic rings. The molecular formula is C25H42N2S. The molecule has 2 atom stereocenters. The van der Waals surface area contributed by atoms with Gasteiger partial charge < -0.3 is 4.90 Å². The normalized spacial score (nSPS) is 26.4. The van der Waals surface area contributed by atoms with E-state index in [0.717, 1.165) is 5.92 Å². The van der Waals surface area contributed by atoms with Crippen LogP contribution in [-0.2, 0) is 0 Å². The number of unbranched alkanes of at least 4 members (excludes halogenated alkanes) is 2. The van der Waals surface area contributed by atoms with E-state index in [-0.39, 0.29) is 0 Å². The maximum atomic E-state index is 4.91. The van der Waals surface area contributed by atoms with Gasteiger partial charge in [-0.25, -0.2) is 0 Å². The van der Waals surface area contributed by atoms with Gasteiger partial charge in [0.05, 0.1) is 0 Å². The number of aliphatic imine (C=N–C) groups is 1. The number of piperidine rings is 1. The number of nitrogens with zero attached hydrogens (tertiary/aromatic N) is 2. The summed E-state index contributed by atoms with van der Waals surface area (Å²) in [4.78, 5) is 7.58. The largest absolute Gasteiger partial charge is 0.303 e. The van der Waals surface area contributed by atoms with Crippen LogP contribution in [0.5, 0.6) is 0 Å². The minimum absolute atomic E-state index is 0.569. The van der Waals surface area contributed by atoms with Crippen molar-refractivity contribution < 1.29 is 0 Å². The fourth-order valence-corrected chi connectivity index (χ4v) is 6.51. The molecule has 0 bridgehead atoms. The van der Waals surface area contributed by atoms with Crippen LogP contribution in [0, 0.1) is 11.8 Å². The zero-order chi connectivity index (χ0) is 19.8. The Labute approximate surface area is 178 Å². The van der Waals surface area contributed by atoms with Crippen LogP contribution in [0.3, 0.4) is 0 Å². The van der Waals surface area contributed by atoms with Crippen LogP contribution in [0.4, 0.5) is 0 Å². The first-order valence-electron chi connectivity index (χ1n) is 11.9. The Morgan fingerprint density at radius 2 is 1.79 bits per heavy atom. The number of hydrogen-bond acceptors (Lipinski definition) is 3. The second kappa shape index (κ2) is 11.6. The number of likely N-dealkylation sites (tertiary alicyclic amines) is 1. The van der Waals surface area contributed by atoms with Crippen LogP contribution in [-0.4, -0.2) is 41.2 Å². The molecule has 0 spiro atoms. The SMILES string of the molecule is C=CC1=C(C)N=C(C)C(CCCCCC2CC2)C1SCCCN1CCCCC1. The summed E-state index contributed by atoms with van der Waals surface area (Å²) in [5.41, 5.74) is 3.96. The highest BCUT2D eigenvalue weighted by atomic mass is 32.2. The Morgan fingerprint density at radius 3 is 2.50 bits per heavy atom. The van der Waals surface area contributed by atoms with Crippen molar-refractivity contribution in [1.29, 1.82) is 0 Å². The minimum Gasteiger partial charge on any atom is -0.303 e. The van der Waals surface area contributed by atoms with E-state index in [1.165, 1.54) is 113 Å². The third kappa shape index (κ3) is 6.76. The van der Waals surface area contributed by atoms with Gasteiger partial charge in [-0.1, -0.05) is 57.6 Å². The zero-order valence-electron chi connectivity index (χ0n) is 18.4. The van der Waals surface area contributed by atoms with E-state index >= 15 is 0 Å². The molecule has 3 aliphatic rings. The molecule has 0 aromatic carbocycles. The third-order valence-electron chi connectivity index (χ3n) is 6.88. The van der Waals surface area contributed by atoms with Crippen LogP contribution in [0.1, 0.15) is 84.5 Å². The van der Waals surface area contributed by atoms with Gasteiger partial charge in [0.25, 0.3) is 0 Å². The molecule has 2 nitrogen and oxygen atoms in total. The van der Waals surface area contributed by atoms with E-state index < -0.39 is 0 Å². The van der Waals surface area contributed by atoms with Gasteiger partial charge in [0.15, 0.2) is 0 Å². The summed E-state index contributed by atoms with van der Waals surface area (Å²) in [6, 6.07) is 0. The second-order valence-corrected chi connectivity index (χ2v) is 10.5. The van der Waals surface area contributed by atoms with Gasteiger partial charge >= 0.3 is 0 Å². The molecule has 1 saturated carbocycles. The number of rotatable bonds is 12. The van der Waals surface area contributed by atoms with Crippen molar-refractivity contribution in [3.63, 3.8) is 0 Å². The molecular weight excluding hydrogens is 360 g/mol. The van der Waals surface area contributed by atoms with E-state index in [4.69, 9.17) is 4.99 Å². The predicted molar refractivity (Wildman–Crippen MR) is 126 cm³/mol. The molecule has 28 heavy (non-hydrogen) atoms. The molecule has 3 rings (SSSR count). The molecule has 2 fully saturated rings. The first-order chi connectivity index (χ1) is 13.7. The lowest BCUT2D eigenvalue weighted by molar-refractivity contribution is 0.230. The summed E-state index contributed by atoms with van der Waals surface area (Å²) >= 11 is 2.18. The molecule has 158 valence electrons. The van der Waals surface area contributed by atoms with Gasteiger partial charge in [-0.05, 0) is 76.4 Å². The summed E-state index contributed by atoms with van der Waals surface area (Å²) in [7, 11) is 0. The van der Waals surface area contributed by atoms with Gasteiger partial charge in [0.1, 0.15) is 0 Å². The summed E-state index contributed by atoms with van der Waals surface area (Å²) in [6.07, 6.45) is 17.6. The lowest BCUT2D eigenvalue weighted by Crippen LogP contribution is -2.32. The molecule has 0 amide bonds. The van der Waals surface area contributed by atoms with Crippen molar-refractivity contribution in [1.82, 2.24) is 4.90 Å². The molecule has 2 aliphatic heterocycles. The molecule has 2 unspecified atom stereocenters. The maximum Gasteiger partial charge on any atom is 0.0415 e. The third-order valence-corrected chi connectivity index (χ3v) is 8.35. The first-order valence-corrected chi connectivity index (χ1v) is 13.0. The number of allylic oxidation sites excluding steroid dienone is 2. The van der Waals surface area contributed by atoms with E-state index in [1.54, 1.807) is 0 Å². The molecule has 0 aromatic heterocycles. The quantitative estimate of drug-likeness (QED) is 0.331. The van der Waals surface area contributed by atoms with Crippen molar-refractivity contribution in [3.05, 3.63) is 23.9 Å². The lowest BCUT2D eigenvalue weighted by Gasteiger charge is -2.33. The summed E-state index contributed by atoms with van der Waals surface area (Å²) in [6.45, 7) is 12.5.